The van der Waals surface area contributed by atoms with E-state index in [-0.39, 0.29) is 51.1 Å². The SMILES string of the molecule is CC(=O)c1cnc2cc(F)c(-c3cc(Cl)c(O)c(Cl)c3)cc2c1NC1(C)CCCCC1N(C)C.Cl. The normalized spacial score (nSPS) is 20.1. The van der Waals surface area contributed by atoms with Crippen molar-refractivity contribution in [1.82, 2.24) is 9.88 Å². The Hall–Kier alpha value is -2.12. The number of halogens is 4. The number of aromatic hydroxyl groups is 1. The van der Waals surface area contributed by atoms with Gasteiger partial charge in [-0.05, 0) is 64.5 Å². The van der Waals surface area contributed by atoms with Crippen LogP contribution >= 0.6 is 35.6 Å². The van der Waals surface area contributed by atoms with E-state index in [1.165, 1.54) is 31.3 Å². The third kappa shape index (κ3) is 5.21. The lowest BCUT2D eigenvalue weighted by Crippen LogP contribution is -2.55. The molecule has 0 radical (unpaired) electrons. The number of benzene rings is 2. The van der Waals surface area contributed by atoms with Gasteiger partial charge in [-0.25, -0.2) is 4.39 Å². The number of carbonyl (C=O) groups excluding carboxylic acids is 1. The van der Waals surface area contributed by atoms with E-state index in [9.17, 15) is 9.90 Å². The summed E-state index contributed by atoms with van der Waals surface area (Å²) in [5.41, 5.74) is 1.91. The number of pyridine rings is 1. The number of carbonyl (C=O) groups is 1. The molecular weight excluding hydrogens is 512 g/mol. The number of ketones is 1. The van der Waals surface area contributed by atoms with Crippen LogP contribution < -0.4 is 5.32 Å². The largest absolute Gasteiger partial charge is 0.505 e. The number of aromatic nitrogens is 1. The first-order chi connectivity index (χ1) is 16.0. The summed E-state index contributed by atoms with van der Waals surface area (Å²) in [7, 11) is 4.14. The lowest BCUT2D eigenvalue weighted by molar-refractivity contribution is 0.101. The molecular formula is C26H29Cl3FN3O2. The van der Waals surface area contributed by atoms with Crippen molar-refractivity contribution in [3.8, 4) is 16.9 Å². The lowest BCUT2D eigenvalue weighted by atomic mass is 9.77. The van der Waals surface area contributed by atoms with Crippen molar-refractivity contribution in [2.45, 2.75) is 51.1 Å². The van der Waals surface area contributed by atoms with E-state index in [4.69, 9.17) is 23.2 Å². The number of nitrogens with zero attached hydrogens (tertiary/aromatic N) is 2. The zero-order valence-electron chi connectivity index (χ0n) is 20.1. The first kappa shape index (κ1) is 27.5. The molecule has 0 aliphatic heterocycles. The highest BCUT2D eigenvalue weighted by Crippen LogP contribution is 2.41. The Morgan fingerprint density at radius 1 is 1.20 bits per heavy atom. The van der Waals surface area contributed by atoms with E-state index in [1.54, 1.807) is 6.07 Å². The van der Waals surface area contributed by atoms with E-state index in [1.807, 2.05) is 0 Å². The molecule has 1 aromatic heterocycles. The van der Waals surface area contributed by atoms with Crippen molar-refractivity contribution >= 4 is 58.0 Å². The fourth-order valence-electron chi connectivity index (χ4n) is 5.13. The summed E-state index contributed by atoms with van der Waals surface area (Å²) in [4.78, 5) is 19.2. The molecule has 0 bridgehead atoms. The van der Waals surface area contributed by atoms with E-state index in [0.717, 1.165) is 25.7 Å². The average Bonchev–Trinajstić information content (AvgIpc) is 2.76. The maximum atomic E-state index is 15.2. The van der Waals surface area contributed by atoms with Crippen molar-refractivity contribution in [3.05, 3.63) is 51.9 Å². The van der Waals surface area contributed by atoms with Gasteiger partial charge < -0.3 is 15.3 Å². The minimum Gasteiger partial charge on any atom is -0.505 e. The number of likely N-dealkylation sites (N-methyl/N-ethyl adjacent to an activating group) is 1. The fourth-order valence-corrected chi connectivity index (χ4v) is 5.62. The number of hydrogen-bond acceptors (Lipinski definition) is 5. The van der Waals surface area contributed by atoms with Crippen LogP contribution in [0.25, 0.3) is 22.0 Å². The predicted molar refractivity (Wildman–Crippen MR) is 144 cm³/mol. The van der Waals surface area contributed by atoms with Gasteiger partial charge in [-0.2, -0.15) is 0 Å². The van der Waals surface area contributed by atoms with Crippen molar-refractivity contribution in [2.75, 3.05) is 19.4 Å². The molecule has 1 aliphatic rings. The molecule has 2 atom stereocenters. The molecule has 2 N–H and O–H groups in total. The third-order valence-corrected chi connectivity index (χ3v) is 7.43. The average molecular weight is 541 g/mol. The van der Waals surface area contributed by atoms with Crippen LogP contribution in [0, 0.1) is 5.82 Å². The number of phenols is 1. The minimum atomic E-state index is -0.505. The summed E-state index contributed by atoms with van der Waals surface area (Å²) in [5.74, 6) is -0.884. The summed E-state index contributed by atoms with van der Waals surface area (Å²) >= 11 is 12.2. The van der Waals surface area contributed by atoms with Crippen LogP contribution in [0.15, 0.2) is 30.5 Å². The molecule has 4 rings (SSSR count). The highest BCUT2D eigenvalue weighted by molar-refractivity contribution is 6.37. The minimum absolute atomic E-state index is 0. The van der Waals surface area contributed by atoms with Gasteiger partial charge in [-0.1, -0.05) is 36.0 Å². The van der Waals surface area contributed by atoms with Gasteiger partial charge in [0.05, 0.1) is 32.4 Å². The number of fused-ring (bicyclic) bond motifs is 1. The summed E-state index contributed by atoms with van der Waals surface area (Å²) in [6.07, 6.45) is 5.72. The second-order valence-corrected chi connectivity index (χ2v) is 10.3. The van der Waals surface area contributed by atoms with Gasteiger partial charge in [0.2, 0.25) is 0 Å². The maximum absolute atomic E-state index is 15.2. The van der Waals surface area contributed by atoms with Crippen LogP contribution in [0.2, 0.25) is 10.0 Å². The Morgan fingerprint density at radius 2 is 1.86 bits per heavy atom. The molecule has 35 heavy (non-hydrogen) atoms. The van der Waals surface area contributed by atoms with Gasteiger partial charge in [0.1, 0.15) is 5.82 Å². The van der Waals surface area contributed by atoms with Crippen LogP contribution in [0.3, 0.4) is 0 Å². The molecule has 188 valence electrons. The number of nitrogens with one attached hydrogen (secondary N) is 1. The van der Waals surface area contributed by atoms with E-state index < -0.39 is 5.82 Å². The Labute approximate surface area is 221 Å². The first-order valence-electron chi connectivity index (χ1n) is 11.3. The molecule has 1 heterocycles. The Morgan fingerprint density at radius 3 is 2.46 bits per heavy atom. The number of anilines is 1. The molecule has 5 nitrogen and oxygen atoms in total. The quantitative estimate of drug-likeness (QED) is 0.331. The second-order valence-electron chi connectivity index (χ2n) is 9.51. The highest BCUT2D eigenvalue weighted by atomic mass is 35.5. The fraction of sp³-hybridized carbons (Fsp3) is 0.385. The summed E-state index contributed by atoms with van der Waals surface area (Å²) < 4.78 is 15.2. The zero-order chi connectivity index (χ0) is 24.8. The van der Waals surface area contributed by atoms with Crippen LogP contribution in [-0.4, -0.2) is 46.4 Å². The predicted octanol–water partition coefficient (Wildman–Crippen LogP) is 7.35. The van der Waals surface area contributed by atoms with Crippen LogP contribution in [-0.2, 0) is 0 Å². The monoisotopic (exact) mass is 539 g/mol. The molecule has 2 aromatic carbocycles. The molecule has 1 fully saturated rings. The Balaban J connectivity index is 0.00000342. The molecule has 0 saturated heterocycles. The molecule has 9 heteroatoms. The molecule has 1 saturated carbocycles. The van der Waals surface area contributed by atoms with Gasteiger partial charge in [-0.15, -0.1) is 12.4 Å². The van der Waals surface area contributed by atoms with Gasteiger partial charge in [-0.3, -0.25) is 9.78 Å². The topological polar surface area (TPSA) is 65.5 Å². The van der Waals surface area contributed by atoms with Gasteiger partial charge in [0.15, 0.2) is 11.5 Å². The molecule has 2 unspecified atom stereocenters. The van der Waals surface area contributed by atoms with Gasteiger partial charge >= 0.3 is 0 Å². The zero-order valence-corrected chi connectivity index (χ0v) is 22.4. The van der Waals surface area contributed by atoms with Gasteiger partial charge in [0.25, 0.3) is 0 Å². The van der Waals surface area contributed by atoms with Crippen molar-refractivity contribution in [1.29, 1.82) is 0 Å². The smallest absolute Gasteiger partial charge is 0.163 e. The number of phenolic OH excluding ortho intramolecular Hbond substituents is 1. The Bertz CT molecular complexity index is 1260. The Kier molecular flexibility index (Phi) is 8.22. The summed E-state index contributed by atoms with van der Waals surface area (Å²) in [5, 5.41) is 14.3. The van der Waals surface area contributed by atoms with Crippen LogP contribution in [0.5, 0.6) is 5.75 Å². The lowest BCUT2D eigenvalue weighted by Gasteiger charge is -2.46. The van der Waals surface area contributed by atoms with Crippen LogP contribution in [0.1, 0.15) is 49.9 Å². The van der Waals surface area contributed by atoms with Crippen molar-refractivity contribution in [3.63, 3.8) is 0 Å². The van der Waals surface area contributed by atoms with Gasteiger partial charge in [0, 0.05) is 29.3 Å². The molecule has 0 amide bonds. The number of rotatable bonds is 5. The number of Topliss-reactive ketones (excluding diaryl/α,β-unsaturated/α-hetero) is 1. The molecule has 1 aliphatic carbocycles. The summed E-state index contributed by atoms with van der Waals surface area (Å²) in [6, 6.07) is 6.21. The number of hydrogen-bond donors (Lipinski definition) is 2. The molecule has 0 spiro atoms. The van der Waals surface area contributed by atoms with E-state index in [0.29, 0.717) is 27.7 Å². The standard InChI is InChI=1S/C26H28Cl2FN3O2.ClH/c1-14(33)18-13-30-22-12-21(29)16(15-9-19(27)25(34)20(28)10-15)11-17(22)24(18)31-26(2)8-6-5-7-23(26)32(3)4;/h9-13,23,34H,5-8H2,1-4H3,(H,30,31);1H. The van der Waals surface area contributed by atoms with E-state index >= 15 is 4.39 Å². The van der Waals surface area contributed by atoms with Crippen LogP contribution in [0.4, 0.5) is 10.1 Å². The highest BCUT2D eigenvalue weighted by Gasteiger charge is 2.38. The van der Waals surface area contributed by atoms with Crippen molar-refractivity contribution < 1.29 is 14.3 Å². The van der Waals surface area contributed by atoms with Crippen molar-refractivity contribution in [2.24, 2.45) is 0 Å². The molecule has 3 aromatic rings. The summed E-state index contributed by atoms with van der Waals surface area (Å²) in [6.45, 7) is 3.68. The van der Waals surface area contributed by atoms with E-state index in [2.05, 4.69) is 36.2 Å². The second kappa shape index (κ2) is 10.5. The third-order valence-electron chi connectivity index (χ3n) is 6.86. The first-order valence-corrected chi connectivity index (χ1v) is 12.0. The maximum Gasteiger partial charge on any atom is 0.163 e.